The molecule has 1 aromatic carbocycles. The first-order chi connectivity index (χ1) is 6.81. The molecule has 1 aromatic rings. The molecule has 0 spiro atoms. The van der Waals surface area contributed by atoms with E-state index in [-0.39, 0.29) is 5.91 Å². The Morgan fingerprint density at radius 1 is 1.29 bits per heavy atom. The van der Waals surface area contributed by atoms with Crippen molar-refractivity contribution in [2.45, 2.75) is 12.8 Å². The van der Waals surface area contributed by atoms with E-state index in [1.807, 2.05) is 12.1 Å². The Labute approximate surface area is 82.2 Å². The molecule has 0 bridgehead atoms. The SMILES string of the molecule is NOc1ccc(N2CCCC2=O)cc1. The van der Waals surface area contributed by atoms with Crippen LogP contribution in [0.2, 0.25) is 0 Å². The Morgan fingerprint density at radius 2 is 2.00 bits per heavy atom. The molecule has 1 amide bonds. The van der Waals surface area contributed by atoms with Crippen LogP contribution in [0, 0.1) is 0 Å². The van der Waals surface area contributed by atoms with Gasteiger partial charge in [-0.05, 0) is 30.7 Å². The minimum atomic E-state index is 0.186. The Morgan fingerprint density at radius 3 is 2.50 bits per heavy atom. The molecule has 0 aromatic heterocycles. The van der Waals surface area contributed by atoms with Gasteiger partial charge in [-0.25, -0.2) is 0 Å². The monoisotopic (exact) mass is 192 g/mol. The third kappa shape index (κ3) is 1.56. The average Bonchev–Trinajstić information content (AvgIpc) is 2.65. The van der Waals surface area contributed by atoms with Crippen molar-refractivity contribution in [2.75, 3.05) is 11.4 Å². The Kier molecular flexibility index (Phi) is 2.37. The van der Waals surface area contributed by atoms with Gasteiger partial charge in [-0.1, -0.05) is 0 Å². The number of anilines is 1. The van der Waals surface area contributed by atoms with Crippen molar-refractivity contribution in [1.82, 2.24) is 0 Å². The number of rotatable bonds is 2. The fourth-order valence-electron chi connectivity index (χ4n) is 1.63. The minimum absolute atomic E-state index is 0.186. The van der Waals surface area contributed by atoms with E-state index < -0.39 is 0 Å². The van der Waals surface area contributed by atoms with Gasteiger partial charge in [-0.15, -0.1) is 0 Å². The van der Waals surface area contributed by atoms with E-state index >= 15 is 0 Å². The minimum Gasteiger partial charge on any atom is -0.412 e. The van der Waals surface area contributed by atoms with Crippen molar-refractivity contribution in [3.8, 4) is 5.75 Å². The zero-order valence-corrected chi connectivity index (χ0v) is 7.77. The summed E-state index contributed by atoms with van der Waals surface area (Å²) in [5.74, 6) is 5.78. The number of benzene rings is 1. The van der Waals surface area contributed by atoms with Crippen LogP contribution in [0.25, 0.3) is 0 Å². The van der Waals surface area contributed by atoms with E-state index in [4.69, 9.17) is 5.90 Å². The molecule has 2 N–H and O–H groups in total. The molecule has 0 aliphatic carbocycles. The summed E-state index contributed by atoms with van der Waals surface area (Å²) in [5, 5.41) is 0. The van der Waals surface area contributed by atoms with Gasteiger partial charge in [0.25, 0.3) is 0 Å². The molecule has 1 saturated heterocycles. The van der Waals surface area contributed by atoms with E-state index in [1.54, 1.807) is 17.0 Å². The molecule has 2 rings (SSSR count). The van der Waals surface area contributed by atoms with Crippen LogP contribution in [0.15, 0.2) is 24.3 Å². The lowest BCUT2D eigenvalue weighted by atomic mass is 10.3. The zero-order valence-electron chi connectivity index (χ0n) is 7.77. The third-order valence-electron chi connectivity index (χ3n) is 2.36. The van der Waals surface area contributed by atoms with Crippen molar-refractivity contribution in [2.24, 2.45) is 5.90 Å². The molecule has 1 aliphatic rings. The number of nitrogens with zero attached hydrogens (tertiary/aromatic N) is 1. The molecule has 0 radical (unpaired) electrons. The molecule has 74 valence electrons. The summed E-state index contributed by atoms with van der Waals surface area (Å²) in [7, 11) is 0. The fourth-order valence-corrected chi connectivity index (χ4v) is 1.63. The summed E-state index contributed by atoms with van der Waals surface area (Å²) in [5.41, 5.74) is 0.910. The van der Waals surface area contributed by atoms with Gasteiger partial charge in [0.05, 0.1) is 0 Å². The van der Waals surface area contributed by atoms with Crippen LogP contribution in [-0.2, 0) is 4.79 Å². The molecule has 0 saturated carbocycles. The fraction of sp³-hybridized carbons (Fsp3) is 0.300. The molecule has 0 atom stereocenters. The highest BCUT2D eigenvalue weighted by molar-refractivity contribution is 5.95. The number of hydrogen-bond acceptors (Lipinski definition) is 3. The highest BCUT2D eigenvalue weighted by atomic mass is 16.6. The van der Waals surface area contributed by atoms with E-state index in [0.29, 0.717) is 12.2 Å². The summed E-state index contributed by atoms with van der Waals surface area (Å²) >= 11 is 0. The van der Waals surface area contributed by atoms with Gasteiger partial charge in [0.1, 0.15) is 5.75 Å². The maximum atomic E-state index is 11.4. The Bertz CT molecular complexity index is 334. The predicted molar refractivity (Wildman–Crippen MR) is 52.8 cm³/mol. The second kappa shape index (κ2) is 3.67. The third-order valence-corrected chi connectivity index (χ3v) is 2.36. The summed E-state index contributed by atoms with van der Waals surface area (Å²) in [6.45, 7) is 0.807. The summed E-state index contributed by atoms with van der Waals surface area (Å²) < 4.78 is 0. The van der Waals surface area contributed by atoms with Gasteiger partial charge in [0, 0.05) is 18.7 Å². The highest BCUT2D eigenvalue weighted by Gasteiger charge is 2.21. The van der Waals surface area contributed by atoms with Crippen molar-refractivity contribution in [1.29, 1.82) is 0 Å². The standard InChI is InChI=1S/C10H12N2O2/c11-14-9-5-3-8(4-6-9)12-7-1-2-10(12)13/h3-6H,1-2,7,11H2. The quantitative estimate of drug-likeness (QED) is 0.713. The Balaban J connectivity index is 2.20. The predicted octanol–water partition coefficient (Wildman–Crippen LogP) is 1.07. The molecule has 14 heavy (non-hydrogen) atoms. The normalized spacial score (nSPS) is 16.1. The van der Waals surface area contributed by atoms with Crippen LogP contribution in [0.4, 0.5) is 5.69 Å². The molecule has 4 nitrogen and oxygen atoms in total. The van der Waals surface area contributed by atoms with Crippen LogP contribution in [0.5, 0.6) is 5.75 Å². The van der Waals surface area contributed by atoms with E-state index in [0.717, 1.165) is 18.7 Å². The van der Waals surface area contributed by atoms with Crippen LogP contribution in [0.1, 0.15) is 12.8 Å². The largest absolute Gasteiger partial charge is 0.412 e. The lowest BCUT2D eigenvalue weighted by molar-refractivity contribution is -0.117. The van der Waals surface area contributed by atoms with Crippen LogP contribution in [0.3, 0.4) is 0 Å². The van der Waals surface area contributed by atoms with E-state index in [1.165, 1.54) is 0 Å². The summed E-state index contributed by atoms with van der Waals surface area (Å²) in [6, 6.07) is 7.18. The van der Waals surface area contributed by atoms with Gasteiger partial charge in [0.15, 0.2) is 0 Å². The van der Waals surface area contributed by atoms with Crippen molar-refractivity contribution >= 4 is 11.6 Å². The maximum Gasteiger partial charge on any atom is 0.227 e. The highest BCUT2D eigenvalue weighted by Crippen LogP contribution is 2.23. The number of hydrogen-bond donors (Lipinski definition) is 1. The van der Waals surface area contributed by atoms with Crippen molar-refractivity contribution in [3.63, 3.8) is 0 Å². The Hall–Kier alpha value is -1.55. The first kappa shape index (κ1) is 9.02. The van der Waals surface area contributed by atoms with Crippen LogP contribution >= 0.6 is 0 Å². The van der Waals surface area contributed by atoms with Crippen LogP contribution in [-0.4, -0.2) is 12.5 Å². The van der Waals surface area contributed by atoms with E-state index in [9.17, 15) is 4.79 Å². The van der Waals surface area contributed by atoms with Gasteiger partial charge in [-0.3, -0.25) is 4.79 Å². The first-order valence-electron chi connectivity index (χ1n) is 4.58. The van der Waals surface area contributed by atoms with Crippen LogP contribution < -0.4 is 15.6 Å². The van der Waals surface area contributed by atoms with Gasteiger partial charge in [-0.2, -0.15) is 5.90 Å². The van der Waals surface area contributed by atoms with Gasteiger partial charge < -0.3 is 9.74 Å². The number of nitrogens with two attached hydrogens (primary N) is 1. The van der Waals surface area contributed by atoms with Gasteiger partial charge in [0.2, 0.25) is 5.91 Å². The zero-order chi connectivity index (χ0) is 9.97. The molecular weight excluding hydrogens is 180 g/mol. The van der Waals surface area contributed by atoms with Crippen molar-refractivity contribution in [3.05, 3.63) is 24.3 Å². The molecular formula is C10H12N2O2. The summed E-state index contributed by atoms with van der Waals surface area (Å²) in [6.07, 6.45) is 1.59. The first-order valence-corrected chi connectivity index (χ1v) is 4.58. The lowest BCUT2D eigenvalue weighted by Gasteiger charge is -2.15. The molecule has 0 unspecified atom stereocenters. The maximum absolute atomic E-state index is 11.4. The van der Waals surface area contributed by atoms with E-state index in [2.05, 4.69) is 4.84 Å². The topological polar surface area (TPSA) is 55.6 Å². The number of carbonyl (C=O) groups is 1. The van der Waals surface area contributed by atoms with Crippen molar-refractivity contribution < 1.29 is 9.63 Å². The van der Waals surface area contributed by atoms with Gasteiger partial charge >= 0.3 is 0 Å². The molecule has 4 heteroatoms. The summed E-state index contributed by atoms with van der Waals surface area (Å²) in [4.78, 5) is 17.7. The number of carbonyl (C=O) groups excluding carboxylic acids is 1. The smallest absolute Gasteiger partial charge is 0.227 e. The molecule has 1 fully saturated rings. The lowest BCUT2D eigenvalue weighted by Crippen LogP contribution is -2.23. The second-order valence-electron chi connectivity index (χ2n) is 3.26. The molecule has 1 aliphatic heterocycles. The second-order valence-corrected chi connectivity index (χ2v) is 3.26. The number of amides is 1. The molecule has 1 heterocycles. The average molecular weight is 192 g/mol.